The van der Waals surface area contributed by atoms with Gasteiger partial charge in [0, 0.05) is 49.5 Å². The summed E-state index contributed by atoms with van der Waals surface area (Å²) in [4.78, 5) is 21.5. The Morgan fingerprint density at radius 3 is 2.66 bits per heavy atom. The van der Waals surface area contributed by atoms with Crippen LogP contribution >= 0.6 is 11.3 Å². The van der Waals surface area contributed by atoms with Gasteiger partial charge in [0.25, 0.3) is 0 Å². The normalized spacial score (nSPS) is 17.3. The average molecular weight is 487 g/mol. The molecule has 6 heterocycles. The number of aromatic nitrogens is 4. The molecule has 180 valence electrons. The standard InChI is InChI=1S/C27H30N6OS/c1-18-4-5-20(15-28-18)27-31-22-14-26(29-16-24(22)35-27)32-25-7-6-21(19-8-12-34-13-9-19)23(30-25)17-33-10-2-3-11-33/h4-7,14-16,19H,2-3,8-13,17H2,1H3,(H,29,30,32). The molecule has 0 amide bonds. The second-order valence-corrected chi connectivity index (χ2v) is 10.5. The van der Waals surface area contributed by atoms with Crippen molar-refractivity contribution < 1.29 is 4.74 Å². The number of thiazole rings is 1. The number of likely N-dealkylation sites (tertiary alicyclic amines) is 1. The first-order valence-electron chi connectivity index (χ1n) is 12.5. The molecule has 0 aromatic carbocycles. The van der Waals surface area contributed by atoms with Crippen molar-refractivity contribution in [3.8, 4) is 10.6 Å². The molecule has 2 aliphatic rings. The number of rotatable bonds is 6. The van der Waals surface area contributed by atoms with Gasteiger partial charge in [-0.25, -0.2) is 15.0 Å². The minimum atomic E-state index is 0.530. The van der Waals surface area contributed by atoms with Gasteiger partial charge < -0.3 is 10.1 Å². The zero-order valence-electron chi connectivity index (χ0n) is 20.0. The van der Waals surface area contributed by atoms with Crippen LogP contribution in [0, 0.1) is 6.92 Å². The maximum absolute atomic E-state index is 5.61. The lowest BCUT2D eigenvalue weighted by atomic mass is 9.90. The molecule has 0 unspecified atom stereocenters. The first kappa shape index (κ1) is 22.5. The molecule has 0 atom stereocenters. The van der Waals surface area contributed by atoms with Gasteiger partial charge in [-0.3, -0.25) is 9.88 Å². The first-order chi connectivity index (χ1) is 17.2. The number of pyridine rings is 3. The largest absolute Gasteiger partial charge is 0.381 e. The Kier molecular flexibility index (Phi) is 6.41. The van der Waals surface area contributed by atoms with Gasteiger partial charge in [-0.05, 0) is 75.4 Å². The Bertz CT molecular complexity index is 1310. The van der Waals surface area contributed by atoms with E-state index in [4.69, 9.17) is 14.7 Å². The Morgan fingerprint density at radius 2 is 1.86 bits per heavy atom. The van der Waals surface area contributed by atoms with E-state index in [9.17, 15) is 0 Å². The number of hydrogen-bond acceptors (Lipinski definition) is 8. The second-order valence-electron chi connectivity index (χ2n) is 9.47. The van der Waals surface area contributed by atoms with E-state index < -0.39 is 0 Å². The van der Waals surface area contributed by atoms with E-state index in [2.05, 4.69) is 38.4 Å². The van der Waals surface area contributed by atoms with Crippen LogP contribution in [0.3, 0.4) is 0 Å². The molecule has 8 heteroatoms. The minimum absolute atomic E-state index is 0.530. The monoisotopic (exact) mass is 486 g/mol. The van der Waals surface area contributed by atoms with E-state index >= 15 is 0 Å². The number of anilines is 2. The van der Waals surface area contributed by atoms with E-state index in [1.54, 1.807) is 11.3 Å². The van der Waals surface area contributed by atoms with Crippen molar-refractivity contribution in [2.45, 2.75) is 45.1 Å². The lowest BCUT2D eigenvalue weighted by molar-refractivity contribution is 0.0849. The van der Waals surface area contributed by atoms with Gasteiger partial charge in [0.15, 0.2) is 0 Å². The van der Waals surface area contributed by atoms with E-state index in [0.717, 1.165) is 83.8 Å². The van der Waals surface area contributed by atoms with Crippen molar-refractivity contribution in [3.63, 3.8) is 0 Å². The number of nitrogens with one attached hydrogen (secondary N) is 1. The number of fused-ring (bicyclic) bond motifs is 1. The van der Waals surface area contributed by atoms with Gasteiger partial charge >= 0.3 is 0 Å². The highest BCUT2D eigenvalue weighted by atomic mass is 32.1. The van der Waals surface area contributed by atoms with Crippen LogP contribution in [0.1, 0.15) is 48.6 Å². The van der Waals surface area contributed by atoms with Crippen LogP contribution in [-0.4, -0.2) is 51.1 Å². The number of hydrogen-bond donors (Lipinski definition) is 1. The molecule has 4 aromatic heterocycles. The van der Waals surface area contributed by atoms with Crippen molar-refractivity contribution in [2.24, 2.45) is 0 Å². The van der Waals surface area contributed by atoms with E-state index in [1.165, 1.54) is 24.1 Å². The molecule has 2 aliphatic heterocycles. The Hall–Kier alpha value is -2.94. The van der Waals surface area contributed by atoms with Gasteiger partial charge in [-0.1, -0.05) is 6.07 Å². The minimum Gasteiger partial charge on any atom is -0.381 e. The third-order valence-corrected chi connectivity index (χ3v) is 7.99. The summed E-state index contributed by atoms with van der Waals surface area (Å²) in [5, 5.41) is 4.39. The summed E-state index contributed by atoms with van der Waals surface area (Å²) in [6.45, 7) is 6.90. The highest BCUT2D eigenvalue weighted by molar-refractivity contribution is 7.21. The van der Waals surface area contributed by atoms with Crippen LogP contribution in [0.4, 0.5) is 11.6 Å². The summed E-state index contributed by atoms with van der Waals surface area (Å²) in [6, 6.07) is 10.4. The fraction of sp³-hybridized carbons (Fsp3) is 0.407. The zero-order valence-corrected chi connectivity index (χ0v) is 20.9. The Morgan fingerprint density at radius 1 is 1.00 bits per heavy atom. The van der Waals surface area contributed by atoms with Crippen LogP contribution < -0.4 is 5.32 Å². The van der Waals surface area contributed by atoms with Crippen LogP contribution in [0.2, 0.25) is 0 Å². The molecule has 0 saturated carbocycles. The number of ether oxygens (including phenoxy) is 1. The first-order valence-corrected chi connectivity index (χ1v) is 13.3. The van der Waals surface area contributed by atoms with Crippen molar-refractivity contribution >= 4 is 33.2 Å². The molecule has 1 N–H and O–H groups in total. The molecule has 35 heavy (non-hydrogen) atoms. The van der Waals surface area contributed by atoms with Gasteiger partial charge in [-0.15, -0.1) is 11.3 Å². The summed E-state index contributed by atoms with van der Waals surface area (Å²) in [5.41, 5.74) is 5.53. The molecule has 0 spiro atoms. The molecule has 4 aromatic rings. The SMILES string of the molecule is Cc1ccc(-c2nc3cc(Nc4ccc(C5CCOCC5)c(CN5CCCC5)n4)ncc3s2)cn1. The Labute approximate surface area is 209 Å². The smallest absolute Gasteiger partial charge is 0.133 e. The molecular formula is C27H30N6OS. The summed E-state index contributed by atoms with van der Waals surface area (Å²) in [7, 11) is 0. The van der Waals surface area contributed by atoms with Gasteiger partial charge in [0.1, 0.15) is 16.6 Å². The van der Waals surface area contributed by atoms with Gasteiger partial charge in [0.2, 0.25) is 0 Å². The predicted molar refractivity (Wildman–Crippen MR) is 140 cm³/mol. The predicted octanol–water partition coefficient (Wildman–Crippen LogP) is 5.69. The fourth-order valence-corrected chi connectivity index (χ4v) is 5.90. The number of aryl methyl sites for hydroxylation is 1. The van der Waals surface area contributed by atoms with E-state index in [-0.39, 0.29) is 0 Å². The van der Waals surface area contributed by atoms with Crippen molar-refractivity contribution in [2.75, 3.05) is 31.6 Å². The highest BCUT2D eigenvalue weighted by Gasteiger charge is 2.22. The van der Waals surface area contributed by atoms with Crippen molar-refractivity contribution in [3.05, 3.63) is 59.7 Å². The molecule has 6 rings (SSSR count). The summed E-state index contributed by atoms with van der Waals surface area (Å²) in [6.07, 6.45) is 8.48. The molecule has 7 nitrogen and oxygen atoms in total. The summed E-state index contributed by atoms with van der Waals surface area (Å²) < 4.78 is 6.67. The molecule has 0 aliphatic carbocycles. The summed E-state index contributed by atoms with van der Waals surface area (Å²) >= 11 is 1.64. The molecule has 0 bridgehead atoms. The maximum Gasteiger partial charge on any atom is 0.133 e. The topological polar surface area (TPSA) is 76.1 Å². The lowest BCUT2D eigenvalue weighted by Crippen LogP contribution is -2.22. The molecular weight excluding hydrogens is 456 g/mol. The molecule has 2 fully saturated rings. The molecule has 0 radical (unpaired) electrons. The number of nitrogens with zero attached hydrogens (tertiary/aromatic N) is 5. The van der Waals surface area contributed by atoms with Crippen LogP contribution in [0.15, 0.2) is 42.7 Å². The van der Waals surface area contributed by atoms with Crippen LogP contribution in [0.25, 0.3) is 20.8 Å². The second kappa shape index (κ2) is 9.97. The van der Waals surface area contributed by atoms with E-state index in [1.807, 2.05) is 31.5 Å². The summed E-state index contributed by atoms with van der Waals surface area (Å²) in [5.74, 6) is 2.12. The fourth-order valence-electron chi connectivity index (χ4n) is 4.99. The van der Waals surface area contributed by atoms with Crippen LogP contribution in [0.5, 0.6) is 0 Å². The van der Waals surface area contributed by atoms with Gasteiger partial charge in [0.05, 0.1) is 15.9 Å². The third kappa shape index (κ3) is 5.05. The third-order valence-electron chi connectivity index (χ3n) is 6.93. The Balaban J connectivity index is 1.26. The zero-order chi connectivity index (χ0) is 23.6. The van der Waals surface area contributed by atoms with Crippen LogP contribution in [-0.2, 0) is 11.3 Å². The van der Waals surface area contributed by atoms with Crippen molar-refractivity contribution in [1.29, 1.82) is 0 Å². The van der Waals surface area contributed by atoms with Gasteiger partial charge in [-0.2, -0.15) is 0 Å². The van der Waals surface area contributed by atoms with E-state index in [0.29, 0.717) is 5.92 Å². The van der Waals surface area contributed by atoms with Crippen molar-refractivity contribution in [1.82, 2.24) is 24.8 Å². The molecule has 2 saturated heterocycles. The lowest BCUT2D eigenvalue weighted by Gasteiger charge is -2.26. The maximum atomic E-state index is 5.61. The average Bonchev–Trinajstić information content (AvgIpc) is 3.55. The quantitative estimate of drug-likeness (QED) is 0.375. The highest BCUT2D eigenvalue weighted by Crippen LogP contribution is 2.33.